The van der Waals surface area contributed by atoms with Crippen LogP contribution < -0.4 is 5.73 Å². The van der Waals surface area contributed by atoms with Gasteiger partial charge >= 0.3 is 6.18 Å². The van der Waals surface area contributed by atoms with Gasteiger partial charge in [0.1, 0.15) is 0 Å². The van der Waals surface area contributed by atoms with Crippen LogP contribution in [0.5, 0.6) is 0 Å². The zero-order valence-electron chi connectivity index (χ0n) is 11.8. The van der Waals surface area contributed by atoms with Gasteiger partial charge in [-0.1, -0.05) is 43.3 Å². The highest BCUT2D eigenvalue weighted by Crippen LogP contribution is 2.33. The van der Waals surface area contributed by atoms with Gasteiger partial charge in [0, 0.05) is 0 Å². The molecule has 2 N–H and O–H groups in total. The highest BCUT2D eigenvalue weighted by molar-refractivity contribution is 5.65. The van der Waals surface area contributed by atoms with E-state index >= 15 is 0 Å². The van der Waals surface area contributed by atoms with Crippen molar-refractivity contribution in [2.75, 3.05) is 6.54 Å². The lowest BCUT2D eigenvalue weighted by atomic mass is 9.93. The van der Waals surface area contributed by atoms with Crippen molar-refractivity contribution < 1.29 is 13.2 Å². The molecule has 0 aliphatic carbocycles. The lowest BCUT2D eigenvalue weighted by molar-refractivity contribution is -0.137. The normalized spacial score (nSPS) is 13.2. The minimum atomic E-state index is -4.32. The summed E-state index contributed by atoms with van der Waals surface area (Å²) in [5.74, 6) is 0.292. The lowest BCUT2D eigenvalue weighted by Crippen LogP contribution is -2.05. The Morgan fingerprint density at radius 2 is 1.62 bits per heavy atom. The molecule has 1 unspecified atom stereocenters. The van der Waals surface area contributed by atoms with E-state index in [-0.39, 0.29) is 0 Å². The maximum atomic E-state index is 12.8. The average Bonchev–Trinajstić information content (AvgIpc) is 2.47. The van der Waals surface area contributed by atoms with Gasteiger partial charge in [-0.15, -0.1) is 0 Å². The number of rotatable bonds is 4. The second-order valence-electron chi connectivity index (χ2n) is 5.18. The molecule has 0 saturated carbocycles. The fourth-order valence-corrected chi connectivity index (χ4v) is 2.32. The summed E-state index contributed by atoms with van der Waals surface area (Å²) in [7, 11) is 0. The van der Waals surface area contributed by atoms with Crippen LogP contribution in [0.4, 0.5) is 13.2 Å². The molecule has 112 valence electrons. The molecular weight excluding hydrogens is 275 g/mol. The molecule has 0 spiro atoms. The van der Waals surface area contributed by atoms with Gasteiger partial charge < -0.3 is 5.73 Å². The van der Waals surface area contributed by atoms with Crippen molar-refractivity contribution in [3.63, 3.8) is 0 Å². The molecular formula is C17H18F3N. The first-order chi connectivity index (χ1) is 9.91. The predicted octanol–water partition coefficient (Wildman–Crippen LogP) is 4.82. The third-order valence-electron chi connectivity index (χ3n) is 3.58. The Bertz CT molecular complexity index is 605. The Kier molecular flexibility index (Phi) is 4.68. The molecule has 0 fully saturated rings. The minimum Gasteiger partial charge on any atom is -0.330 e. The summed E-state index contributed by atoms with van der Waals surface area (Å²) in [6, 6.07) is 13.0. The first kappa shape index (κ1) is 15.6. The number of hydrogen-bond donors (Lipinski definition) is 1. The van der Waals surface area contributed by atoms with Crippen LogP contribution in [0.2, 0.25) is 0 Å². The second kappa shape index (κ2) is 6.31. The molecule has 0 bridgehead atoms. The molecule has 2 aromatic carbocycles. The third kappa shape index (κ3) is 3.85. The first-order valence-electron chi connectivity index (χ1n) is 6.89. The molecule has 1 atom stereocenters. The molecule has 0 radical (unpaired) electrons. The number of alkyl halides is 3. The summed E-state index contributed by atoms with van der Waals surface area (Å²) in [5, 5.41) is 0. The summed E-state index contributed by atoms with van der Waals surface area (Å²) in [6.07, 6.45) is -3.47. The third-order valence-corrected chi connectivity index (χ3v) is 3.58. The molecule has 0 saturated heterocycles. The van der Waals surface area contributed by atoms with Gasteiger partial charge in [0.15, 0.2) is 0 Å². The van der Waals surface area contributed by atoms with E-state index in [9.17, 15) is 13.2 Å². The van der Waals surface area contributed by atoms with E-state index in [1.165, 1.54) is 12.1 Å². The van der Waals surface area contributed by atoms with Crippen LogP contribution >= 0.6 is 0 Å². The molecule has 1 nitrogen and oxygen atoms in total. The molecule has 21 heavy (non-hydrogen) atoms. The van der Waals surface area contributed by atoms with Crippen molar-refractivity contribution in [2.24, 2.45) is 5.73 Å². The Morgan fingerprint density at radius 3 is 2.24 bits per heavy atom. The highest BCUT2D eigenvalue weighted by Gasteiger charge is 2.30. The fourth-order valence-electron chi connectivity index (χ4n) is 2.32. The van der Waals surface area contributed by atoms with Crippen molar-refractivity contribution in [1.82, 2.24) is 0 Å². The Labute approximate surface area is 122 Å². The second-order valence-corrected chi connectivity index (χ2v) is 5.18. The van der Waals surface area contributed by atoms with Crippen LogP contribution in [0.1, 0.15) is 30.4 Å². The fraction of sp³-hybridized carbons (Fsp3) is 0.294. The largest absolute Gasteiger partial charge is 0.416 e. The summed E-state index contributed by atoms with van der Waals surface area (Å²) < 4.78 is 38.3. The summed E-state index contributed by atoms with van der Waals surface area (Å²) in [5.41, 5.74) is 7.40. The number of benzene rings is 2. The molecule has 4 heteroatoms. The number of halogens is 3. The van der Waals surface area contributed by atoms with Gasteiger partial charge in [-0.05, 0) is 47.7 Å². The lowest BCUT2D eigenvalue weighted by Gasteiger charge is -2.13. The van der Waals surface area contributed by atoms with Gasteiger partial charge in [-0.3, -0.25) is 0 Å². The summed E-state index contributed by atoms with van der Waals surface area (Å²) >= 11 is 0. The SMILES string of the molecule is CC(CCN)c1cccc(-c2cccc(C(F)(F)F)c2)c1. The van der Waals surface area contributed by atoms with Gasteiger partial charge in [-0.2, -0.15) is 13.2 Å². The standard InChI is InChI=1S/C17H18F3N/c1-12(8-9-21)13-4-2-5-14(10-13)15-6-3-7-16(11-15)17(18,19)20/h2-7,10-12H,8-9,21H2,1H3. The van der Waals surface area contributed by atoms with Gasteiger partial charge in [0.25, 0.3) is 0 Å². The topological polar surface area (TPSA) is 26.0 Å². The van der Waals surface area contributed by atoms with E-state index in [1.54, 1.807) is 6.07 Å². The van der Waals surface area contributed by atoms with Crippen molar-refractivity contribution in [3.8, 4) is 11.1 Å². The van der Waals surface area contributed by atoms with Crippen molar-refractivity contribution in [3.05, 3.63) is 59.7 Å². The van der Waals surface area contributed by atoms with E-state index < -0.39 is 11.7 Å². The van der Waals surface area contributed by atoms with Crippen LogP contribution in [0.25, 0.3) is 11.1 Å². The van der Waals surface area contributed by atoms with Crippen LogP contribution in [0, 0.1) is 0 Å². The highest BCUT2D eigenvalue weighted by atomic mass is 19.4. The number of hydrogen-bond acceptors (Lipinski definition) is 1. The zero-order valence-corrected chi connectivity index (χ0v) is 11.8. The molecule has 0 aliphatic heterocycles. The monoisotopic (exact) mass is 293 g/mol. The van der Waals surface area contributed by atoms with E-state index in [0.29, 0.717) is 18.0 Å². The summed E-state index contributed by atoms with van der Waals surface area (Å²) in [6.45, 7) is 2.66. The number of nitrogens with two attached hydrogens (primary N) is 1. The average molecular weight is 293 g/mol. The van der Waals surface area contributed by atoms with Crippen molar-refractivity contribution in [1.29, 1.82) is 0 Å². The van der Waals surface area contributed by atoms with Crippen LogP contribution in [-0.2, 0) is 6.18 Å². The molecule has 0 amide bonds. The van der Waals surface area contributed by atoms with E-state index in [0.717, 1.165) is 23.6 Å². The molecule has 0 aromatic heterocycles. The zero-order chi connectivity index (χ0) is 15.5. The van der Waals surface area contributed by atoms with Crippen molar-refractivity contribution in [2.45, 2.75) is 25.4 Å². The van der Waals surface area contributed by atoms with E-state index in [1.807, 2.05) is 24.3 Å². The van der Waals surface area contributed by atoms with Gasteiger partial charge in [0.05, 0.1) is 5.56 Å². The van der Waals surface area contributed by atoms with Gasteiger partial charge in [-0.25, -0.2) is 0 Å². The van der Waals surface area contributed by atoms with Crippen LogP contribution in [0.15, 0.2) is 48.5 Å². The van der Waals surface area contributed by atoms with Crippen LogP contribution in [0.3, 0.4) is 0 Å². The van der Waals surface area contributed by atoms with Crippen molar-refractivity contribution >= 4 is 0 Å². The molecule has 2 rings (SSSR count). The Balaban J connectivity index is 2.36. The maximum Gasteiger partial charge on any atom is 0.416 e. The quantitative estimate of drug-likeness (QED) is 0.859. The molecule has 0 aliphatic rings. The maximum absolute atomic E-state index is 12.8. The summed E-state index contributed by atoms with van der Waals surface area (Å²) in [4.78, 5) is 0. The Morgan fingerprint density at radius 1 is 1.00 bits per heavy atom. The molecule has 0 heterocycles. The molecule has 2 aromatic rings. The predicted molar refractivity (Wildman–Crippen MR) is 79.0 cm³/mol. The van der Waals surface area contributed by atoms with Crippen LogP contribution in [-0.4, -0.2) is 6.54 Å². The first-order valence-corrected chi connectivity index (χ1v) is 6.89. The van der Waals surface area contributed by atoms with E-state index in [2.05, 4.69) is 6.92 Å². The Hall–Kier alpha value is -1.81. The van der Waals surface area contributed by atoms with Gasteiger partial charge in [0.2, 0.25) is 0 Å². The van der Waals surface area contributed by atoms with E-state index in [4.69, 9.17) is 5.73 Å². The minimum absolute atomic E-state index is 0.292. The smallest absolute Gasteiger partial charge is 0.330 e.